The standard InChI is InChI=1S/C22H15N5O3S/c1-30-19-11-10-18-16(12-14-4-2-3-5-17(14)23-18)20(19)26-21(24-25-22(26)31)13-6-8-15(9-7-13)27(28)29/h2-12H,1H3,(H,25,31). The van der Waals surface area contributed by atoms with Crippen LogP contribution in [0, 0.1) is 14.9 Å². The lowest BCUT2D eigenvalue weighted by Gasteiger charge is -2.15. The van der Waals surface area contributed by atoms with Gasteiger partial charge in [-0.2, -0.15) is 5.10 Å². The Bertz CT molecular complexity index is 1520. The van der Waals surface area contributed by atoms with Gasteiger partial charge in [0, 0.05) is 28.5 Å². The third kappa shape index (κ3) is 3.11. The topological polar surface area (TPSA) is 98.9 Å². The molecule has 0 bridgehead atoms. The molecule has 0 radical (unpaired) electrons. The smallest absolute Gasteiger partial charge is 0.269 e. The molecule has 9 heteroatoms. The molecule has 2 aromatic heterocycles. The summed E-state index contributed by atoms with van der Waals surface area (Å²) in [5, 5.41) is 20.1. The highest BCUT2D eigenvalue weighted by molar-refractivity contribution is 7.71. The zero-order valence-corrected chi connectivity index (χ0v) is 17.1. The van der Waals surface area contributed by atoms with Gasteiger partial charge in [0.2, 0.25) is 0 Å². The number of nitro benzene ring substituents is 1. The molecule has 2 heterocycles. The zero-order valence-electron chi connectivity index (χ0n) is 16.3. The fourth-order valence-electron chi connectivity index (χ4n) is 3.64. The van der Waals surface area contributed by atoms with E-state index in [4.69, 9.17) is 21.9 Å². The van der Waals surface area contributed by atoms with E-state index in [1.54, 1.807) is 23.8 Å². The number of aromatic nitrogens is 4. The van der Waals surface area contributed by atoms with Crippen molar-refractivity contribution in [1.29, 1.82) is 0 Å². The van der Waals surface area contributed by atoms with Crippen molar-refractivity contribution < 1.29 is 9.66 Å². The van der Waals surface area contributed by atoms with Crippen LogP contribution in [0.25, 0.3) is 38.9 Å². The Morgan fingerprint density at radius 1 is 1.06 bits per heavy atom. The van der Waals surface area contributed by atoms with E-state index in [1.807, 2.05) is 42.5 Å². The first kappa shape index (κ1) is 18.9. The van der Waals surface area contributed by atoms with Gasteiger partial charge in [-0.25, -0.2) is 4.98 Å². The first-order chi connectivity index (χ1) is 15.1. The number of nitrogens with zero attached hydrogens (tertiary/aromatic N) is 4. The van der Waals surface area contributed by atoms with E-state index in [2.05, 4.69) is 10.2 Å². The molecule has 0 saturated heterocycles. The average molecular weight is 429 g/mol. The summed E-state index contributed by atoms with van der Waals surface area (Å²) in [6.45, 7) is 0. The summed E-state index contributed by atoms with van der Waals surface area (Å²) in [5.41, 5.74) is 3.05. The molecular formula is C22H15N5O3S. The summed E-state index contributed by atoms with van der Waals surface area (Å²) >= 11 is 5.55. The van der Waals surface area contributed by atoms with Crippen molar-refractivity contribution in [1.82, 2.24) is 19.7 Å². The van der Waals surface area contributed by atoms with Crippen molar-refractivity contribution in [3.05, 3.63) is 81.6 Å². The van der Waals surface area contributed by atoms with Crippen LogP contribution in [-0.4, -0.2) is 31.8 Å². The molecule has 0 atom stereocenters. The number of H-pyrrole nitrogens is 1. The number of rotatable bonds is 4. The van der Waals surface area contributed by atoms with E-state index in [0.29, 0.717) is 27.6 Å². The van der Waals surface area contributed by atoms with Crippen LogP contribution < -0.4 is 4.74 Å². The summed E-state index contributed by atoms with van der Waals surface area (Å²) in [6.07, 6.45) is 0. The van der Waals surface area contributed by atoms with Gasteiger partial charge in [-0.15, -0.1) is 0 Å². The number of ether oxygens (including phenoxy) is 1. The summed E-state index contributed by atoms with van der Waals surface area (Å²) in [7, 11) is 1.59. The molecule has 0 unspecified atom stereocenters. The van der Waals surface area contributed by atoms with E-state index in [1.165, 1.54) is 12.1 Å². The second-order valence-electron chi connectivity index (χ2n) is 6.86. The lowest BCUT2D eigenvalue weighted by molar-refractivity contribution is -0.384. The molecule has 1 N–H and O–H groups in total. The largest absolute Gasteiger partial charge is 0.495 e. The van der Waals surface area contributed by atoms with Crippen LogP contribution in [-0.2, 0) is 0 Å². The number of methoxy groups -OCH3 is 1. The van der Waals surface area contributed by atoms with Crippen molar-refractivity contribution in [2.45, 2.75) is 0 Å². The Morgan fingerprint density at radius 3 is 2.58 bits per heavy atom. The maximum Gasteiger partial charge on any atom is 0.269 e. The minimum absolute atomic E-state index is 0.00263. The quantitative estimate of drug-likeness (QED) is 0.182. The number of pyridine rings is 1. The summed E-state index contributed by atoms with van der Waals surface area (Å²) in [4.78, 5) is 15.4. The van der Waals surface area contributed by atoms with Crippen LogP contribution >= 0.6 is 12.2 Å². The van der Waals surface area contributed by atoms with Gasteiger partial charge in [0.25, 0.3) is 5.69 Å². The Labute approximate surface area is 180 Å². The van der Waals surface area contributed by atoms with Crippen molar-refractivity contribution in [3.63, 3.8) is 0 Å². The SMILES string of the molecule is COc1ccc2nc3ccccc3cc2c1-n1c(-c2ccc([N+](=O)[O-])cc2)n[nH]c1=S. The highest BCUT2D eigenvalue weighted by Crippen LogP contribution is 2.35. The van der Waals surface area contributed by atoms with Crippen LogP contribution in [0.5, 0.6) is 5.75 Å². The molecule has 0 aliphatic carbocycles. The summed E-state index contributed by atoms with van der Waals surface area (Å²) in [6, 6.07) is 19.8. The van der Waals surface area contributed by atoms with Gasteiger partial charge in [0.1, 0.15) is 11.4 Å². The maximum atomic E-state index is 11.0. The third-order valence-electron chi connectivity index (χ3n) is 5.09. The summed E-state index contributed by atoms with van der Waals surface area (Å²) in [5.74, 6) is 1.11. The molecule has 31 heavy (non-hydrogen) atoms. The van der Waals surface area contributed by atoms with Crippen LogP contribution in [0.4, 0.5) is 5.69 Å². The number of aromatic amines is 1. The number of benzene rings is 3. The van der Waals surface area contributed by atoms with Gasteiger partial charge in [0.05, 0.1) is 23.1 Å². The normalized spacial score (nSPS) is 11.1. The molecule has 0 aliphatic heterocycles. The van der Waals surface area contributed by atoms with E-state index < -0.39 is 4.92 Å². The minimum atomic E-state index is -0.439. The number of nitrogens with one attached hydrogen (secondary N) is 1. The highest BCUT2D eigenvalue weighted by atomic mass is 32.1. The van der Waals surface area contributed by atoms with Crippen molar-refractivity contribution in [3.8, 4) is 22.8 Å². The molecule has 5 aromatic rings. The molecule has 0 fully saturated rings. The van der Waals surface area contributed by atoms with Gasteiger partial charge in [-0.1, -0.05) is 18.2 Å². The molecule has 8 nitrogen and oxygen atoms in total. The van der Waals surface area contributed by atoms with Gasteiger partial charge in [-0.05, 0) is 48.6 Å². The molecule has 0 amide bonds. The lowest BCUT2D eigenvalue weighted by atomic mass is 10.1. The van der Waals surface area contributed by atoms with E-state index in [-0.39, 0.29) is 5.69 Å². The predicted octanol–water partition coefficient (Wildman–Crippen LogP) is 5.22. The van der Waals surface area contributed by atoms with E-state index >= 15 is 0 Å². The van der Waals surface area contributed by atoms with E-state index in [9.17, 15) is 10.1 Å². The van der Waals surface area contributed by atoms with Crippen LogP contribution in [0.15, 0.2) is 66.7 Å². The molecular weight excluding hydrogens is 414 g/mol. The Balaban J connectivity index is 1.82. The van der Waals surface area contributed by atoms with Gasteiger partial charge in [0.15, 0.2) is 10.6 Å². The van der Waals surface area contributed by atoms with Crippen molar-refractivity contribution in [2.75, 3.05) is 7.11 Å². The number of non-ortho nitro benzene ring substituents is 1. The predicted molar refractivity (Wildman–Crippen MR) is 120 cm³/mol. The number of nitro groups is 1. The Hall–Kier alpha value is -4.11. The number of fused-ring (bicyclic) bond motifs is 2. The number of para-hydroxylation sites is 1. The molecule has 0 saturated carbocycles. The minimum Gasteiger partial charge on any atom is -0.495 e. The maximum absolute atomic E-state index is 11.0. The van der Waals surface area contributed by atoms with Crippen LogP contribution in [0.1, 0.15) is 0 Å². The molecule has 5 rings (SSSR count). The fourth-order valence-corrected chi connectivity index (χ4v) is 3.86. The van der Waals surface area contributed by atoms with E-state index in [0.717, 1.165) is 21.8 Å². The molecule has 152 valence electrons. The zero-order chi connectivity index (χ0) is 21.5. The molecule has 0 aliphatic rings. The third-order valence-corrected chi connectivity index (χ3v) is 5.36. The van der Waals surface area contributed by atoms with Gasteiger partial charge in [-0.3, -0.25) is 19.8 Å². The summed E-state index contributed by atoms with van der Waals surface area (Å²) < 4.78 is 7.80. The van der Waals surface area contributed by atoms with Crippen LogP contribution in [0.2, 0.25) is 0 Å². The van der Waals surface area contributed by atoms with Crippen LogP contribution in [0.3, 0.4) is 0 Å². The fraction of sp³-hybridized carbons (Fsp3) is 0.0455. The number of hydrogen-bond acceptors (Lipinski definition) is 6. The second-order valence-corrected chi connectivity index (χ2v) is 7.24. The van der Waals surface area contributed by atoms with Crippen molar-refractivity contribution >= 4 is 39.7 Å². The Kier molecular flexibility index (Phi) is 4.45. The number of hydrogen-bond donors (Lipinski definition) is 1. The lowest BCUT2D eigenvalue weighted by Crippen LogP contribution is -2.03. The monoisotopic (exact) mass is 429 g/mol. The second kappa shape index (κ2) is 7.29. The average Bonchev–Trinajstić information content (AvgIpc) is 3.17. The molecule has 0 spiro atoms. The Morgan fingerprint density at radius 2 is 1.84 bits per heavy atom. The van der Waals surface area contributed by atoms with Gasteiger partial charge >= 0.3 is 0 Å². The van der Waals surface area contributed by atoms with Crippen molar-refractivity contribution in [2.24, 2.45) is 0 Å². The molecule has 3 aromatic carbocycles. The first-order valence-corrected chi connectivity index (χ1v) is 9.77. The van der Waals surface area contributed by atoms with Gasteiger partial charge < -0.3 is 4.74 Å². The first-order valence-electron chi connectivity index (χ1n) is 9.36. The highest BCUT2D eigenvalue weighted by Gasteiger charge is 2.19.